The van der Waals surface area contributed by atoms with E-state index in [0.717, 1.165) is 27.8 Å². The Hall–Kier alpha value is -3.03. The van der Waals surface area contributed by atoms with Gasteiger partial charge in [0.1, 0.15) is 5.60 Å². The fourth-order valence-corrected chi connectivity index (χ4v) is 4.36. The van der Waals surface area contributed by atoms with Crippen LogP contribution in [-0.2, 0) is 9.53 Å². The molecule has 1 atom stereocenters. The van der Waals surface area contributed by atoms with E-state index in [1.807, 2.05) is 82.3 Å². The zero-order chi connectivity index (χ0) is 26.6. The number of benzene rings is 3. The number of amides is 2. The molecule has 6 nitrogen and oxygen atoms in total. The van der Waals surface area contributed by atoms with Crippen LogP contribution in [0.15, 0.2) is 71.6 Å². The number of hydrogen-bond donors (Lipinski definition) is 2. The van der Waals surface area contributed by atoms with Crippen LogP contribution in [0.2, 0.25) is 0 Å². The van der Waals surface area contributed by atoms with E-state index >= 15 is 0 Å². The fraction of sp³-hybridized carbons (Fsp3) is 0.379. The number of ether oxygens (including phenoxy) is 1. The Morgan fingerprint density at radius 3 is 2.17 bits per heavy atom. The van der Waals surface area contributed by atoms with Crippen LogP contribution in [0.1, 0.15) is 46.6 Å². The molecule has 0 bridgehead atoms. The third kappa shape index (κ3) is 9.55. The van der Waals surface area contributed by atoms with Crippen LogP contribution in [0.25, 0.3) is 10.8 Å². The molecule has 1 unspecified atom stereocenters. The first kappa shape index (κ1) is 29.2. The van der Waals surface area contributed by atoms with E-state index in [1.54, 1.807) is 16.8 Å². The monoisotopic (exact) mass is 509 g/mol. The Kier molecular flexibility index (Phi) is 11.8. The van der Waals surface area contributed by atoms with Crippen molar-refractivity contribution in [2.75, 3.05) is 18.4 Å². The summed E-state index contributed by atoms with van der Waals surface area (Å²) < 4.78 is 9.00. The Bertz CT molecular complexity index is 1100. The highest BCUT2D eigenvalue weighted by molar-refractivity contribution is 7.97. The molecule has 0 aromatic heterocycles. The quantitative estimate of drug-likeness (QED) is 0.239. The van der Waals surface area contributed by atoms with Crippen LogP contribution in [0.5, 0.6) is 0 Å². The number of carbonyl (C=O) groups excluding carboxylic acids is 2. The van der Waals surface area contributed by atoms with Crippen LogP contribution in [0.4, 0.5) is 10.5 Å². The molecule has 2 amide bonds. The van der Waals surface area contributed by atoms with Crippen molar-refractivity contribution in [1.82, 2.24) is 9.62 Å². The van der Waals surface area contributed by atoms with Gasteiger partial charge in [-0.05, 0) is 70.5 Å². The largest absolute Gasteiger partial charge is 0.444 e. The molecule has 3 rings (SSSR count). The second-order valence-electron chi connectivity index (χ2n) is 9.42. The predicted octanol–water partition coefficient (Wildman–Crippen LogP) is 7.04. The van der Waals surface area contributed by atoms with Crippen molar-refractivity contribution in [2.24, 2.45) is 0 Å². The molecule has 0 saturated carbocycles. The van der Waals surface area contributed by atoms with Crippen LogP contribution in [-0.4, -0.2) is 42.1 Å². The highest BCUT2D eigenvalue weighted by Crippen LogP contribution is 2.31. The highest BCUT2D eigenvalue weighted by atomic mass is 32.2. The van der Waals surface area contributed by atoms with Crippen LogP contribution >= 0.6 is 11.9 Å². The number of fused-ring (bicyclic) bond motifs is 1. The van der Waals surface area contributed by atoms with Gasteiger partial charge in [-0.15, -0.1) is 0 Å². The number of likely N-dealkylation sites (N-methyl/N-ethyl adjacent to an activating group) is 1. The van der Waals surface area contributed by atoms with E-state index in [-0.39, 0.29) is 12.1 Å². The van der Waals surface area contributed by atoms with E-state index in [1.165, 1.54) is 5.56 Å². The molecule has 0 aliphatic rings. The smallest absolute Gasteiger partial charge is 0.410 e. The number of carbonyl (C=O) groups is 2. The van der Waals surface area contributed by atoms with E-state index in [0.29, 0.717) is 19.5 Å². The van der Waals surface area contributed by atoms with Crippen molar-refractivity contribution in [3.05, 3.63) is 72.3 Å². The molecule has 0 saturated heterocycles. The molecule has 194 valence electrons. The summed E-state index contributed by atoms with van der Waals surface area (Å²) in [5, 5.41) is 4.80. The first-order valence-corrected chi connectivity index (χ1v) is 13.1. The minimum absolute atomic E-state index is 0.110. The third-order valence-electron chi connectivity index (χ3n) is 5.34. The second-order valence-corrected chi connectivity index (χ2v) is 10.3. The number of rotatable bonds is 9. The zero-order valence-corrected chi connectivity index (χ0v) is 23.0. The fourth-order valence-electron chi connectivity index (χ4n) is 3.41. The molecule has 0 radical (unpaired) electrons. The summed E-state index contributed by atoms with van der Waals surface area (Å²) >= 11 is 1.54. The van der Waals surface area contributed by atoms with Crippen molar-refractivity contribution < 1.29 is 14.3 Å². The van der Waals surface area contributed by atoms with Crippen molar-refractivity contribution in [3.8, 4) is 0 Å². The molecule has 3 aromatic carbocycles. The maximum atomic E-state index is 12.4. The normalized spacial score (nSPS) is 11.7. The number of anilines is 1. The van der Waals surface area contributed by atoms with Gasteiger partial charge in [-0.1, -0.05) is 67.1 Å². The number of hydrogen-bond acceptors (Lipinski definition) is 5. The lowest BCUT2D eigenvalue weighted by molar-refractivity contribution is -0.105. The molecule has 3 aromatic rings. The summed E-state index contributed by atoms with van der Waals surface area (Å²) in [6.07, 6.45) is 1.27. The van der Waals surface area contributed by atoms with E-state index in [2.05, 4.69) is 36.0 Å². The summed E-state index contributed by atoms with van der Waals surface area (Å²) in [6.45, 7) is 12.9. The Balaban J connectivity index is 0.000000558. The number of aryl methyl sites for hydroxylation is 1. The minimum Gasteiger partial charge on any atom is -0.444 e. The summed E-state index contributed by atoms with van der Waals surface area (Å²) in [6, 6.07) is 22.2. The summed E-state index contributed by atoms with van der Waals surface area (Å²) in [4.78, 5) is 26.1. The molecule has 0 fully saturated rings. The molecule has 0 aliphatic carbocycles. The van der Waals surface area contributed by atoms with Gasteiger partial charge in [-0.3, -0.25) is 9.52 Å². The van der Waals surface area contributed by atoms with Crippen molar-refractivity contribution >= 4 is 40.9 Å². The van der Waals surface area contributed by atoms with Gasteiger partial charge in [0.05, 0.1) is 0 Å². The average molecular weight is 510 g/mol. The molecular weight excluding hydrogens is 470 g/mol. The zero-order valence-electron chi connectivity index (χ0n) is 22.2. The molecule has 36 heavy (non-hydrogen) atoms. The third-order valence-corrected chi connectivity index (χ3v) is 6.37. The number of nitrogens with zero attached hydrogens (tertiary/aromatic N) is 1. The van der Waals surface area contributed by atoms with Gasteiger partial charge in [0.2, 0.25) is 6.41 Å². The maximum absolute atomic E-state index is 12.4. The predicted molar refractivity (Wildman–Crippen MR) is 151 cm³/mol. The van der Waals surface area contributed by atoms with Crippen LogP contribution in [0.3, 0.4) is 0 Å². The van der Waals surface area contributed by atoms with Crippen LogP contribution in [0, 0.1) is 6.92 Å². The lowest BCUT2D eigenvalue weighted by Gasteiger charge is -2.29. The van der Waals surface area contributed by atoms with E-state index < -0.39 is 5.60 Å². The number of nitrogens with one attached hydrogen (secondary N) is 2. The summed E-state index contributed by atoms with van der Waals surface area (Å²) in [7, 11) is 0. The first-order chi connectivity index (χ1) is 17.2. The van der Waals surface area contributed by atoms with Gasteiger partial charge < -0.3 is 15.0 Å². The molecule has 0 aliphatic heterocycles. The van der Waals surface area contributed by atoms with Crippen molar-refractivity contribution in [1.29, 1.82) is 0 Å². The van der Waals surface area contributed by atoms with Gasteiger partial charge in [-0.2, -0.15) is 0 Å². The van der Waals surface area contributed by atoms with Gasteiger partial charge in [0.15, 0.2) is 0 Å². The lowest BCUT2D eigenvalue weighted by Crippen LogP contribution is -2.43. The standard InChI is InChI=1S/C22H31N3O3S.C7H8/c1-6-16(14-25(7-2)21(27)28-22(3,4)5)24-29-20-13-12-19(23-15-26)17-10-8-9-11-18(17)20;1-7-5-3-2-4-6-7/h8-13,15-16,24H,6-7,14H2,1-5H3,(H,23,26);2-6H,1H3. The molecule has 7 heteroatoms. The molecule has 2 N–H and O–H groups in total. The topological polar surface area (TPSA) is 70.7 Å². The maximum Gasteiger partial charge on any atom is 0.410 e. The Morgan fingerprint density at radius 1 is 1.00 bits per heavy atom. The van der Waals surface area contributed by atoms with Gasteiger partial charge in [0, 0.05) is 35.1 Å². The van der Waals surface area contributed by atoms with Gasteiger partial charge in [-0.25, -0.2) is 4.79 Å². The molecule has 0 spiro atoms. The lowest BCUT2D eigenvalue weighted by atomic mass is 10.1. The summed E-state index contributed by atoms with van der Waals surface area (Å²) in [5.74, 6) is 0. The van der Waals surface area contributed by atoms with E-state index in [9.17, 15) is 9.59 Å². The second kappa shape index (κ2) is 14.5. The minimum atomic E-state index is -0.509. The molecule has 0 heterocycles. The van der Waals surface area contributed by atoms with Crippen LogP contribution < -0.4 is 10.0 Å². The highest BCUT2D eigenvalue weighted by Gasteiger charge is 2.23. The molecular formula is C29H39N3O3S. The average Bonchev–Trinajstić information content (AvgIpc) is 2.85. The first-order valence-electron chi connectivity index (χ1n) is 12.3. The Morgan fingerprint density at radius 2 is 1.64 bits per heavy atom. The van der Waals surface area contributed by atoms with Crippen molar-refractivity contribution in [3.63, 3.8) is 0 Å². The SMILES string of the molecule is CCC(CN(CC)C(=O)OC(C)(C)C)NSc1ccc(NC=O)c2ccccc12.Cc1ccccc1. The Labute approximate surface area is 219 Å². The van der Waals surface area contributed by atoms with Gasteiger partial charge in [0.25, 0.3) is 0 Å². The summed E-state index contributed by atoms with van der Waals surface area (Å²) in [5.41, 5.74) is 1.60. The van der Waals surface area contributed by atoms with Crippen molar-refractivity contribution in [2.45, 2.75) is 64.5 Å². The van der Waals surface area contributed by atoms with Gasteiger partial charge >= 0.3 is 6.09 Å². The van der Waals surface area contributed by atoms with E-state index in [4.69, 9.17) is 4.74 Å².